The quantitative estimate of drug-likeness (QED) is 0.745. The molecule has 3 rings (SSSR count). The van der Waals surface area contributed by atoms with Gasteiger partial charge in [-0.1, -0.05) is 6.92 Å². The molecule has 6 heteroatoms. The molecule has 0 aliphatic carbocycles. The molecule has 3 N–H and O–H groups in total. The number of hydrogen-bond donors (Lipinski definition) is 3. The van der Waals surface area contributed by atoms with Crippen molar-refractivity contribution in [2.75, 3.05) is 7.11 Å². The van der Waals surface area contributed by atoms with Crippen LogP contribution in [0.5, 0.6) is 23.0 Å². The molecule has 1 atom stereocenters. The Hall–Kier alpha value is -3.02. The Balaban J connectivity index is 2.27. The van der Waals surface area contributed by atoms with Crippen LogP contribution >= 0.6 is 0 Å². The maximum atomic E-state index is 10.2. The lowest BCUT2D eigenvalue weighted by Gasteiger charge is -2.19. The van der Waals surface area contributed by atoms with Crippen LogP contribution in [0.15, 0.2) is 40.5 Å². The largest absolute Gasteiger partial charge is 0.504 e. The van der Waals surface area contributed by atoms with Gasteiger partial charge in [-0.25, -0.2) is 0 Å². The molecule has 1 aliphatic rings. The van der Waals surface area contributed by atoms with Crippen molar-refractivity contribution < 1.29 is 20.1 Å². The minimum Gasteiger partial charge on any atom is -0.504 e. The van der Waals surface area contributed by atoms with Crippen molar-refractivity contribution in [3.05, 3.63) is 47.0 Å². The molecule has 25 heavy (non-hydrogen) atoms. The molecule has 0 aromatic heterocycles. The standard InChI is InChI=1S/C19H20N2O4/c1-4-12-10(2)20-21-19(11-5-6-15(22)16(23)7-11)14-9-18(25-3)17(24)8-13(12)14/h5-9,12,22-24H,4H2,1-3H3. The molecule has 0 fully saturated rings. The molecule has 1 aliphatic heterocycles. The van der Waals surface area contributed by atoms with Gasteiger partial charge in [0.1, 0.15) is 5.71 Å². The van der Waals surface area contributed by atoms with E-state index >= 15 is 0 Å². The Morgan fingerprint density at radius 2 is 1.76 bits per heavy atom. The molecule has 1 heterocycles. The SMILES string of the molecule is CCC1C(C)=NN=C(c2ccc(O)c(O)c2)c2cc(OC)c(O)cc21. The number of phenols is 3. The number of rotatable bonds is 3. The van der Waals surface area contributed by atoms with Gasteiger partial charge in [0.15, 0.2) is 23.0 Å². The molecule has 0 radical (unpaired) electrons. The summed E-state index contributed by atoms with van der Waals surface area (Å²) in [6.45, 7) is 3.95. The number of fused-ring (bicyclic) bond motifs is 1. The van der Waals surface area contributed by atoms with Gasteiger partial charge in [-0.05, 0) is 49.2 Å². The molecule has 0 saturated heterocycles. The molecule has 0 saturated carbocycles. The number of phenolic OH excluding ortho intramolecular Hbond substituents is 3. The molecule has 130 valence electrons. The molecule has 0 spiro atoms. The van der Waals surface area contributed by atoms with Crippen LogP contribution in [0, 0.1) is 0 Å². The number of methoxy groups -OCH3 is 1. The Kier molecular flexibility index (Phi) is 4.35. The van der Waals surface area contributed by atoms with E-state index < -0.39 is 0 Å². The van der Waals surface area contributed by atoms with E-state index in [1.165, 1.54) is 19.2 Å². The van der Waals surface area contributed by atoms with Gasteiger partial charge in [-0.15, -0.1) is 5.10 Å². The topological polar surface area (TPSA) is 94.6 Å². The van der Waals surface area contributed by atoms with Crippen molar-refractivity contribution in [3.8, 4) is 23.0 Å². The van der Waals surface area contributed by atoms with Crippen LogP contribution in [0.1, 0.15) is 42.9 Å². The Morgan fingerprint density at radius 3 is 2.40 bits per heavy atom. The zero-order valence-electron chi connectivity index (χ0n) is 14.3. The molecule has 6 nitrogen and oxygen atoms in total. The number of hydrogen-bond acceptors (Lipinski definition) is 6. The fourth-order valence-corrected chi connectivity index (χ4v) is 3.12. The van der Waals surface area contributed by atoms with Gasteiger partial charge in [0, 0.05) is 22.8 Å². The second-order valence-corrected chi connectivity index (χ2v) is 5.97. The van der Waals surface area contributed by atoms with E-state index in [-0.39, 0.29) is 23.2 Å². The van der Waals surface area contributed by atoms with Gasteiger partial charge < -0.3 is 20.1 Å². The Bertz CT molecular complexity index is 887. The lowest BCUT2D eigenvalue weighted by atomic mass is 9.85. The zero-order valence-corrected chi connectivity index (χ0v) is 14.3. The van der Waals surface area contributed by atoms with Gasteiger partial charge in [0.05, 0.1) is 7.11 Å². The Morgan fingerprint density at radius 1 is 1.00 bits per heavy atom. The number of ether oxygens (including phenoxy) is 1. The van der Waals surface area contributed by atoms with Crippen molar-refractivity contribution in [1.29, 1.82) is 0 Å². The van der Waals surface area contributed by atoms with Crippen LogP contribution < -0.4 is 4.74 Å². The van der Waals surface area contributed by atoms with E-state index in [1.54, 1.807) is 18.2 Å². The fraction of sp³-hybridized carbons (Fsp3) is 0.263. The smallest absolute Gasteiger partial charge is 0.161 e. The first-order valence-electron chi connectivity index (χ1n) is 8.02. The van der Waals surface area contributed by atoms with Crippen LogP contribution in [0.3, 0.4) is 0 Å². The van der Waals surface area contributed by atoms with Crippen molar-refractivity contribution in [2.24, 2.45) is 10.2 Å². The maximum absolute atomic E-state index is 10.2. The molecular weight excluding hydrogens is 320 g/mol. The van der Waals surface area contributed by atoms with Crippen LogP contribution in [0.25, 0.3) is 0 Å². The summed E-state index contributed by atoms with van der Waals surface area (Å²) < 4.78 is 5.24. The van der Waals surface area contributed by atoms with Crippen molar-refractivity contribution in [2.45, 2.75) is 26.2 Å². The van der Waals surface area contributed by atoms with E-state index in [4.69, 9.17) is 4.74 Å². The minimum absolute atomic E-state index is 0.0127. The van der Waals surface area contributed by atoms with Crippen LogP contribution in [-0.2, 0) is 0 Å². The molecule has 2 aromatic rings. The lowest BCUT2D eigenvalue weighted by molar-refractivity contribution is 0.373. The highest BCUT2D eigenvalue weighted by molar-refractivity contribution is 6.16. The molecule has 0 amide bonds. The Labute approximate surface area is 145 Å². The maximum Gasteiger partial charge on any atom is 0.161 e. The monoisotopic (exact) mass is 340 g/mol. The average molecular weight is 340 g/mol. The fourth-order valence-electron chi connectivity index (χ4n) is 3.12. The summed E-state index contributed by atoms with van der Waals surface area (Å²) in [6, 6.07) is 7.92. The van der Waals surface area contributed by atoms with E-state index in [9.17, 15) is 15.3 Å². The summed E-state index contributed by atoms with van der Waals surface area (Å²) in [5.74, 6) is -0.0259. The first kappa shape index (κ1) is 16.8. The van der Waals surface area contributed by atoms with Crippen LogP contribution in [0.4, 0.5) is 0 Å². The summed E-state index contributed by atoms with van der Waals surface area (Å²) in [5.41, 5.74) is 3.65. The highest BCUT2D eigenvalue weighted by atomic mass is 16.5. The molecule has 2 aromatic carbocycles. The normalized spacial score (nSPS) is 16.5. The predicted octanol–water partition coefficient (Wildman–Crippen LogP) is 3.53. The van der Waals surface area contributed by atoms with Crippen molar-refractivity contribution in [1.82, 2.24) is 0 Å². The van der Waals surface area contributed by atoms with E-state index in [1.807, 2.05) is 13.8 Å². The summed E-state index contributed by atoms with van der Waals surface area (Å²) in [5, 5.41) is 38.3. The van der Waals surface area contributed by atoms with Gasteiger partial charge in [-0.2, -0.15) is 5.10 Å². The first-order valence-corrected chi connectivity index (χ1v) is 8.02. The molecule has 0 bridgehead atoms. The number of benzene rings is 2. The summed E-state index contributed by atoms with van der Waals surface area (Å²) in [6.07, 6.45) is 0.803. The number of aromatic hydroxyl groups is 3. The van der Waals surface area contributed by atoms with Gasteiger partial charge in [-0.3, -0.25) is 0 Å². The van der Waals surface area contributed by atoms with E-state index in [0.29, 0.717) is 17.0 Å². The third kappa shape index (κ3) is 2.91. The second kappa shape index (κ2) is 6.47. The lowest BCUT2D eigenvalue weighted by Crippen LogP contribution is -2.12. The van der Waals surface area contributed by atoms with Gasteiger partial charge in [0.2, 0.25) is 0 Å². The second-order valence-electron chi connectivity index (χ2n) is 5.97. The first-order chi connectivity index (χ1) is 12.0. The average Bonchev–Trinajstić information content (AvgIpc) is 2.72. The van der Waals surface area contributed by atoms with Crippen LogP contribution in [-0.4, -0.2) is 33.9 Å². The van der Waals surface area contributed by atoms with Crippen molar-refractivity contribution >= 4 is 11.4 Å². The van der Waals surface area contributed by atoms with E-state index in [2.05, 4.69) is 10.2 Å². The van der Waals surface area contributed by atoms with Crippen molar-refractivity contribution in [3.63, 3.8) is 0 Å². The summed E-state index contributed by atoms with van der Waals surface area (Å²) in [7, 11) is 1.49. The third-order valence-electron chi connectivity index (χ3n) is 4.45. The van der Waals surface area contributed by atoms with Gasteiger partial charge >= 0.3 is 0 Å². The molecular formula is C19H20N2O4. The molecule has 1 unspecified atom stereocenters. The third-order valence-corrected chi connectivity index (χ3v) is 4.45. The summed E-state index contributed by atoms with van der Waals surface area (Å²) in [4.78, 5) is 0. The highest BCUT2D eigenvalue weighted by Crippen LogP contribution is 2.38. The summed E-state index contributed by atoms with van der Waals surface area (Å²) >= 11 is 0. The minimum atomic E-state index is -0.232. The van der Waals surface area contributed by atoms with E-state index in [0.717, 1.165) is 23.3 Å². The number of nitrogens with zero attached hydrogens (tertiary/aromatic N) is 2. The zero-order chi connectivity index (χ0) is 18.1. The van der Waals surface area contributed by atoms with Gasteiger partial charge in [0.25, 0.3) is 0 Å². The highest BCUT2D eigenvalue weighted by Gasteiger charge is 2.25. The van der Waals surface area contributed by atoms with Crippen LogP contribution in [0.2, 0.25) is 0 Å². The predicted molar refractivity (Wildman–Crippen MR) is 96.2 cm³/mol.